The lowest BCUT2D eigenvalue weighted by molar-refractivity contribution is 0.102. The number of carbonyl (C=O) groups excluding carboxylic acids is 1. The number of imidazole rings is 1. The fourth-order valence-electron chi connectivity index (χ4n) is 3.03. The number of aromatic amines is 2. The monoisotopic (exact) mass is 401 g/mol. The minimum Gasteiger partial charge on any atom is -0.345 e. The Labute approximate surface area is 169 Å². The first-order valence-electron chi connectivity index (χ1n) is 8.86. The number of carbonyl (C=O) groups is 1. The Kier molecular flexibility index (Phi) is 4.41. The van der Waals surface area contributed by atoms with Crippen LogP contribution in [0.1, 0.15) is 15.9 Å². The molecule has 0 fully saturated rings. The smallest absolute Gasteiger partial charge is 0.255 e. The number of anilines is 1. The van der Waals surface area contributed by atoms with Crippen LogP contribution in [0.15, 0.2) is 66.3 Å². The molecule has 2 aromatic carbocycles. The molecule has 9 heteroatoms. The summed E-state index contributed by atoms with van der Waals surface area (Å²) in [5.74, 6) is 0.545. The zero-order chi connectivity index (χ0) is 19.6. The Morgan fingerprint density at radius 3 is 3.03 bits per heavy atom. The fraction of sp³-hybridized carbons (Fsp3) is 0.0500. The van der Waals surface area contributed by atoms with E-state index in [9.17, 15) is 4.79 Å². The first kappa shape index (κ1) is 17.4. The third kappa shape index (κ3) is 3.55. The van der Waals surface area contributed by atoms with Gasteiger partial charge in [-0.1, -0.05) is 12.1 Å². The molecule has 0 radical (unpaired) electrons. The minimum atomic E-state index is -0.165. The van der Waals surface area contributed by atoms with Crippen LogP contribution < -0.4 is 5.32 Å². The van der Waals surface area contributed by atoms with E-state index in [0.717, 1.165) is 38.3 Å². The number of hydrogen-bond donors (Lipinski definition) is 3. The van der Waals surface area contributed by atoms with Crippen molar-refractivity contribution < 1.29 is 4.79 Å². The highest BCUT2D eigenvalue weighted by Gasteiger charge is 2.10. The Morgan fingerprint density at radius 2 is 2.07 bits per heavy atom. The number of amides is 1. The maximum absolute atomic E-state index is 12.6. The van der Waals surface area contributed by atoms with Crippen LogP contribution in [0.3, 0.4) is 0 Å². The van der Waals surface area contributed by atoms with Crippen LogP contribution in [0.2, 0.25) is 0 Å². The van der Waals surface area contributed by atoms with E-state index in [1.165, 1.54) is 6.33 Å². The van der Waals surface area contributed by atoms with Crippen molar-refractivity contribution in [1.82, 2.24) is 30.1 Å². The maximum Gasteiger partial charge on any atom is 0.255 e. The number of rotatable bonds is 5. The number of nitrogens with one attached hydrogen (secondary N) is 3. The molecule has 0 unspecified atom stereocenters. The topological polar surface area (TPSA) is 112 Å². The van der Waals surface area contributed by atoms with Crippen LogP contribution >= 0.6 is 11.8 Å². The molecule has 3 aromatic heterocycles. The van der Waals surface area contributed by atoms with Gasteiger partial charge in [0.1, 0.15) is 11.4 Å². The van der Waals surface area contributed by atoms with Crippen LogP contribution in [0, 0.1) is 0 Å². The molecular weight excluding hydrogens is 386 g/mol. The summed E-state index contributed by atoms with van der Waals surface area (Å²) in [4.78, 5) is 28.3. The van der Waals surface area contributed by atoms with Crippen molar-refractivity contribution in [3.8, 4) is 0 Å². The van der Waals surface area contributed by atoms with Gasteiger partial charge in [-0.05, 0) is 35.9 Å². The normalized spacial score (nSPS) is 11.2. The van der Waals surface area contributed by atoms with Gasteiger partial charge < -0.3 is 10.3 Å². The second-order valence-electron chi connectivity index (χ2n) is 6.39. The molecule has 0 saturated carbocycles. The summed E-state index contributed by atoms with van der Waals surface area (Å²) in [5.41, 5.74) is 4.78. The lowest BCUT2D eigenvalue weighted by Gasteiger charge is -2.08. The highest BCUT2D eigenvalue weighted by molar-refractivity contribution is 7.98. The van der Waals surface area contributed by atoms with Gasteiger partial charge in [0.2, 0.25) is 0 Å². The second-order valence-corrected chi connectivity index (χ2v) is 7.35. The molecule has 3 heterocycles. The van der Waals surface area contributed by atoms with E-state index in [0.29, 0.717) is 11.3 Å². The molecule has 0 bridgehead atoms. The Morgan fingerprint density at radius 1 is 1.10 bits per heavy atom. The molecule has 0 aliphatic rings. The largest absolute Gasteiger partial charge is 0.345 e. The molecule has 0 aliphatic heterocycles. The van der Waals surface area contributed by atoms with Crippen molar-refractivity contribution in [3.05, 3.63) is 72.4 Å². The standard InChI is InChI=1S/C20H15N7OS/c28-19(13-4-5-16-17(7-13)22-10-21-16)26-14-3-1-2-12(6-14)9-29-20-15-8-25-27-18(15)23-11-24-20/h1-8,10-11H,9H2,(H,21,22)(H,26,28)(H,23,24,25,27). The van der Waals surface area contributed by atoms with Gasteiger partial charge in [0.25, 0.3) is 5.91 Å². The quantitative estimate of drug-likeness (QED) is 0.305. The van der Waals surface area contributed by atoms with E-state index in [4.69, 9.17) is 0 Å². The van der Waals surface area contributed by atoms with Gasteiger partial charge in [-0.2, -0.15) is 5.10 Å². The third-order valence-electron chi connectivity index (χ3n) is 4.45. The Bertz CT molecular complexity index is 1330. The molecule has 29 heavy (non-hydrogen) atoms. The van der Waals surface area contributed by atoms with E-state index in [1.54, 1.807) is 36.4 Å². The highest BCUT2D eigenvalue weighted by Crippen LogP contribution is 2.27. The molecule has 3 N–H and O–H groups in total. The predicted octanol–water partition coefficient (Wildman–Crippen LogP) is 3.77. The van der Waals surface area contributed by atoms with E-state index >= 15 is 0 Å². The first-order valence-corrected chi connectivity index (χ1v) is 9.85. The van der Waals surface area contributed by atoms with Crippen LogP contribution in [0.5, 0.6) is 0 Å². The molecule has 0 aliphatic carbocycles. The van der Waals surface area contributed by atoms with Gasteiger partial charge in [-0.25, -0.2) is 15.0 Å². The zero-order valence-electron chi connectivity index (χ0n) is 15.1. The van der Waals surface area contributed by atoms with E-state index in [2.05, 4.69) is 35.5 Å². The molecule has 0 atom stereocenters. The summed E-state index contributed by atoms with van der Waals surface area (Å²) in [5, 5.41) is 11.6. The number of fused-ring (bicyclic) bond motifs is 2. The molecule has 0 saturated heterocycles. The van der Waals surface area contributed by atoms with Crippen LogP contribution in [-0.4, -0.2) is 36.0 Å². The van der Waals surface area contributed by atoms with E-state index in [1.807, 2.05) is 30.3 Å². The molecule has 142 valence electrons. The number of nitrogens with zero attached hydrogens (tertiary/aromatic N) is 4. The average molecular weight is 401 g/mol. The van der Waals surface area contributed by atoms with Crippen molar-refractivity contribution in [3.63, 3.8) is 0 Å². The molecule has 5 aromatic rings. The Hall–Kier alpha value is -3.72. The van der Waals surface area contributed by atoms with E-state index < -0.39 is 0 Å². The summed E-state index contributed by atoms with van der Waals surface area (Å²) in [6.45, 7) is 0. The van der Waals surface area contributed by atoms with Gasteiger partial charge in [-0.3, -0.25) is 9.89 Å². The van der Waals surface area contributed by atoms with Gasteiger partial charge in [0.05, 0.1) is 28.9 Å². The molecule has 5 rings (SSSR count). The van der Waals surface area contributed by atoms with Crippen LogP contribution in [0.4, 0.5) is 5.69 Å². The molecule has 1 amide bonds. The molecule has 8 nitrogen and oxygen atoms in total. The van der Waals surface area contributed by atoms with Gasteiger partial charge >= 0.3 is 0 Å². The summed E-state index contributed by atoms with van der Waals surface area (Å²) in [6.07, 6.45) is 4.86. The SMILES string of the molecule is O=C(Nc1cccc(CSc2ncnc3[nH]ncc23)c1)c1ccc2nc[nH]c2c1. The van der Waals surface area contributed by atoms with Crippen molar-refractivity contribution in [2.75, 3.05) is 5.32 Å². The lowest BCUT2D eigenvalue weighted by atomic mass is 10.1. The lowest BCUT2D eigenvalue weighted by Crippen LogP contribution is -2.11. The molecular formula is C20H15N7OS. The van der Waals surface area contributed by atoms with Crippen LogP contribution in [-0.2, 0) is 5.75 Å². The van der Waals surface area contributed by atoms with Gasteiger partial charge in [-0.15, -0.1) is 11.8 Å². The number of aromatic nitrogens is 6. The average Bonchev–Trinajstić information content (AvgIpc) is 3.41. The van der Waals surface area contributed by atoms with Gasteiger partial charge in [0, 0.05) is 17.0 Å². The number of hydrogen-bond acceptors (Lipinski definition) is 6. The minimum absolute atomic E-state index is 0.165. The summed E-state index contributed by atoms with van der Waals surface area (Å²) >= 11 is 1.60. The van der Waals surface area contributed by atoms with Gasteiger partial charge in [0.15, 0.2) is 5.65 Å². The number of H-pyrrole nitrogens is 2. The summed E-state index contributed by atoms with van der Waals surface area (Å²) < 4.78 is 0. The molecule has 0 spiro atoms. The van der Waals surface area contributed by atoms with Crippen LogP contribution in [0.25, 0.3) is 22.1 Å². The van der Waals surface area contributed by atoms with Crippen molar-refractivity contribution in [1.29, 1.82) is 0 Å². The Balaban J connectivity index is 1.30. The fourth-order valence-corrected chi connectivity index (χ4v) is 3.94. The first-order chi connectivity index (χ1) is 14.3. The maximum atomic E-state index is 12.6. The second kappa shape index (κ2) is 7.36. The summed E-state index contributed by atoms with van der Waals surface area (Å²) in [6, 6.07) is 13.2. The van der Waals surface area contributed by atoms with Crippen molar-refractivity contribution >= 4 is 45.4 Å². The number of benzene rings is 2. The summed E-state index contributed by atoms with van der Waals surface area (Å²) in [7, 11) is 0. The van der Waals surface area contributed by atoms with Crippen molar-refractivity contribution in [2.24, 2.45) is 0 Å². The van der Waals surface area contributed by atoms with Crippen molar-refractivity contribution in [2.45, 2.75) is 10.8 Å². The predicted molar refractivity (Wildman–Crippen MR) is 112 cm³/mol. The zero-order valence-corrected chi connectivity index (χ0v) is 15.9. The van der Waals surface area contributed by atoms with E-state index in [-0.39, 0.29) is 5.91 Å². The third-order valence-corrected chi connectivity index (χ3v) is 5.53. The highest BCUT2D eigenvalue weighted by atomic mass is 32.2. The number of thioether (sulfide) groups is 1.